The summed E-state index contributed by atoms with van der Waals surface area (Å²) in [5, 5.41) is 11.5. The van der Waals surface area contributed by atoms with Crippen LogP contribution in [-0.4, -0.2) is 66.7 Å². The highest BCUT2D eigenvalue weighted by Crippen LogP contribution is 2.48. The molecule has 1 unspecified atom stereocenters. The van der Waals surface area contributed by atoms with Crippen LogP contribution in [0.5, 0.6) is 0 Å². The van der Waals surface area contributed by atoms with Crippen LogP contribution in [0.25, 0.3) is 11.2 Å². The maximum absolute atomic E-state index is 11.5. The van der Waals surface area contributed by atoms with E-state index in [1.165, 1.54) is 6.33 Å². The number of nitrogens with zero attached hydrogens (tertiary/aromatic N) is 4. The van der Waals surface area contributed by atoms with Crippen molar-refractivity contribution in [3.63, 3.8) is 0 Å². The van der Waals surface area contributed by atoms with Crippen LogP contribution in [-0.2, 0) is 17.7 Å². The second kappa shape index (κ2) is 9.23. The predicted octanol–water partition coefficient (Wildman–Crippen LogP) is 3.62. The van der Waals surface area contributed by atoms with Crippen LogP contribution in [0, 0.1) is 0 Å². The molecule has 2 aliphatic rings. The number of nitrogen functional groups attached to an aromatic ring is 1. The van der Waals surface area contributed by atoms with Crippen LogP contribution in [0.1, 0.15) is 61.6 Å². The quantitative estimate of drug-likeness (QED) is 0.581. The molecular formula is C22H39N5O5Si2. The van der Waals surface area contributed by atoms with Crippen LogP contribution in [0.15, 0.2) is 12.7 Å². The smallest absolute Gasteiger partial charge is 0.335 e. The van der Waals surface area contributed by atoms with E-state index < -0.39 is 41.7 Å². The van der Waals surface area contributed by atoms with E-state index in [1.807, 2.05) is 0 Å². The molecule has 12 heteroatoms. The molecular weight excluding hydrogens is 470 g/mol. The Morgan fingerprint density at radius 1 is 0.971 bits per heavy atom. The zero-order valence-electron chi connectivity index (χ0n) is 21.4. The molecule has 2 aromatic rings. The maximum atomic E-state index is 11.5. The van der Waals surface area contributed by atoms with E-state index in [1.54, 1.807) is 10.9 Å². The normalized spacial score (nSPS) is 29.2. The Morgan fingerprint density at radius 3 is 2.18 bits per heavy atom. The third kappa shape index (κ3) is 3.92. The van der Waals surface area contributed by atoms with Crippen molar-refractivity contribution >= 4 is 34.1 Å². The zero-order valence-corrected chi connectivity index (χ0v) is 23.4. The van der Waals surface area contributed by atoms with Crippen molar-refractivity contribution in [3.05, 3.63) is 12.7 Å². The van der Waals surface area contributed by atoms with Gasteiger partial charge in [0.05, 0.1) is 12.9 Å². The first-order valence-corrected chi connectivity index (χ1v) is 16.2. The molecule has 2 aliphatic heterocycles. The van der Waals surface area contributed by atoms with Gasteiger partial charge in [-0.15, -0.1) is 0 Å². The Bertz CT molecular complexity index is 1000. The fraction of sp³-hybridized carbons (Fsp3) is 0.773. The van der Waals surface area contributed by atoms with Crippen LogP contribution in [0.4, 0.5) is 5.82 Å². The fourth-order valence-electron chi connectivity index (χ4n) is 5.42. The molecule has 0 saturated carbocycles. The van der Waals surface area contributed by atoms with Crippen LogP contribution in [0.3, 0.4) is 0 Å². The number of fused-ring (bicyclic) bond motifs is 2. The first-order chi connectivity index (χ1) is 15.9. The predicted molar refractivity (Wildman–Crippen MR) is 133 cm³/mol. The molecule has 0 radical (unpaired) electrons. The van der Waals surface area contributed by atoms with Gasteiger partial charge in [-0.2, -0.15) is 0 Å². The molecule has 0 bridgehead atoms. The van der Waals surface area contributed by atoms with E-state index in [0.29, 0.717) is 17.8 Å². The second-order valence-electron chi connectivity index (χ2n) is 10.7. The molecule has 10 nitrogen and oxygen atoms in total. The lowest BCUT2D eigenvalue weighted by molar-refractivity contribution is -0.0570. The number of aliphatic hydroxyl groups excluding tert-OH is 1. The summed E-state index contributed by atoms with van der Waals surface area (Å²) in [4.78, 5) is 12.7. The number of aliphatic hydroxyl groups is 1. The summed E-state index contributed by atoms with van der Waals surface area (Å²) >= 11 is 0. The van der Waals surface area contributed by atoms with Gasteiger partial charge in [-0.3, -0.25) is 4.57 Å². The average molecular weight is 510 g/mol. The van der Waals surface area contributed by atoms with Crippen molar-refractivity contribution in [2.75, 3.05) is 12.3 Å². The number of aromatic nitrogens is 4. The fourth-order valence-corrected chi connectivity index (χ4v) is 16.6. The lowest BCUT2D eigenvalue weighted by Crippen LogP contribution is -2.65. The third-order valence-corrected chi connectivity index (χ3v) is 17.6. The third-order valence-electron chi connectivity index (χ3n) is 7.30. The van der Waals surface area contributed by atoms with Crippen molar-refractivity contribution in [2.45, 2.75) is 102 Å². The van der Waals surface area contributed by atoms with Crippen molar-refractivity contribution in [3.8, 4) is 0 Å². The number of ether oxygens (including phenoxy) is 1. The lowest BCUT2D eigenvalue weighted by atomic mass is 10.1. The molecule has 190 valence electrons. The Labute approximate surface area is 203 Å². The van der Waals surface area contributed by atoms with Crippen molar-refractivity contribution in [1.82, 2.24) is 19.5 Å². The van der Waals surface area contributed by atoms with E-state index in [-0.39, 0.29) is 28.0 Å². The summed E-state index contributed by atoms with van der Waals surface area (Å²) in [6.45, 7) is 17.7. The Kier molecular flexibility index (Phi) is 6.97. The molecule has 0 aliphatic carbocycles. The average Bonchev–Trinajstić information content (AvgIpc) is 3.29. The van der Waals surface area contributed by atoms with Crippen molar-refractivity contribution < 1.29 is 22.8 Å². The SMILES string of the molecule is CC(C)[Si]1(C(C)C)OC[C@H]2O[C@@H](n3cnc4c(N)ncnc43)[C@@H](O)C2O[Si](C(C)C)(C(C)C)O1. The van der Waals surface area contributed by atoms with E-state index in [4.69, 9.17) is 23.4 Å². The van der Waals surface area contributed by atoms with Gasteiger partial charge in [0, 0.05) is 0 Å². The van der Waals surface area contributed by atoms with Crippen molar-refractivity contribution in [1.29, 1.82) is 0 Å². The minimum absolute atomic E-state index is 0.159. The molecule has 0 aromatic carbocycles. The van der Waals surface area contributed by atoms with Crippen LogP contribution < -0.4 is 5.73 Å². The van der Waals surface area contributed by atoms with Gasteiger partial charge < -0.3 is 28.5 Å². The number of imidazole rings is 1. The number of hydrogen-bond acceptors (Lipinski definition) is 9. The van der Waals surface area contributed by atoms with Gasteiger partial charge in [0.15, 0.2) is 17.7 Å². The highest BCUT2D eigenvalue weighted by Gasteiger charge is 2.61. The topological polar surface area (TPSA) is 127 Å². The van der Waals surface area contributed by atoms with E-state index in [9.17, 15) is 5.11 Å². The molecule has 0 spiro atoms. The van der Waals surface area contributed by atoms with Gasteiger partial charge in [-0.1, -0.05) is 55.4 Å². The Balaban J connectivity index is 1.77. The highest BCUT2D eigenvalue weighted by atomic mass is 28.5. The highest BCUT2D eigenvalue weighted by molar-refractivity contribution is 6.83. The minimum atomic E-state index is -2.86. The van der Waals surface area contributed by atoms with Crippen molar-refractivity contribution in [2.24, 2.45) is 0 Å². The number of hydrogen-bond donors (Lipinski definition) is 2. The molecule has 4 atom stereocenters. The Morgan fingerprint density at radius 2 is 1.59 bits per heavy atom. The first-order valence-electron chi connectivity index (χ1n) is 12.2. The van der Waals surface area contributed by atoms with Gasteiger partial charge in [-0.25, -0.2) is 15.0 Å². The largest absolute Gasteiger partial charge is 0.414 e. The van der Waals surface area contributed by atoms with Gasteiger partial charge in [-0.05, 0) is 22.2 Å². The minimum Gasteiger partial charge on any atom is -0.414 e. The van der Waals surface area contributed by atoms with Crippen LogP contribution in [0.2, 0.25) is 22.2 Å². The lowest BCUT2D eigenvalue weighted by Gasteiger charge is -2.51. The molecule has 3 N–H and O–H groups in total. The summed E-state index contributed by atoms with van der Waals surface area (Å²) < 4.78 is 29.0. The van der Waals surface area contributed by atoms with Gasteiger partial charge in [0.25, 0.3) is 0 Å². The molecule has 2 fully saturated rings. The maximum Gasteiger partial charge on any atom is 0.335 e. The molecule has 0 amide bonds. The summed E-state index contributed by atoms with van der Waals surface area (Å²) in [5.74, 6) is 0.283. The molecule has 4 rings (SSSR count). The summed E-state index contributed by atoms with van der Waals surface area (Å²) in [6, 6.07) is 0. The van der Waals surface area contributed by atoms with E-state index in [0.717, 1.165) is 0 Å². The molecule has 4 heterocycles. The monoisotopic (exact) mass is 509 g/mol. The molecule has 2 saturated heterocycles. The van der Waals surface area contributed by atoms with E-state index >= 15 is 0 Å². The standard InChI is InChI=1S/C22H39N5O5Si2/c1-12(2)33(13(3)4)29-9-16-19(31-34(32-33,14(5)6)15(7)8)18(28)22(30-16)27-11-26-17-20(23)24-10-25-21(17)27/h10-16,18-19,22,28H,9H2,1-8H3,(H2,23,24,25)/t16-,18+,19?,22-/m1/s1. The van der Waals surface area contributed by atoms with Gasteiger partial charge >= 0.3 is 17.1 Å². The molecule has 2 aromatic heterocycles. The first kappa shape index (κ1) is 25.7. The summed E-state index contributed by atoms with van der Waals surface area (Å²) in [5.41, 5.74) is 7.73. The Hall–Kier alpha value is -1.42. The van der Waals surface area contributed by atoms with Gasteiger partial charge in [0.1, 0.15) is 30.2 Å². The number of anilines is 1. The van der Waals surface area contributed by atoms with Gasteiger partial charge in [0.2, 0.25) is 0 Å². The number of rotatable bonds is 5. The summed E-state index contributed by atoms with van der Waals surface area (Å²) in [7, 11) is -5.54. The van der Waals surface area contributed by atoms with Crippen LogP contribution >= 0.6 is 0 Å². The number of nitrogens with two attached hydrogens (primary N) is 1. The summed E-state index contributed by atoms with van der Waals surface area (Å²) in [6.07, 6.45) is 0.225. The zero-order chi connectivity index (χ0) is 25.0. The second-order valence-corrected chi connectivity index (χ2v) is 19.5. The molecule has 34 heavy (non-hydrogen) atoms. The van der Waals surface area contributed by atoms with E-state index in [2.05, 4.69) is 70.3 Å².